The molecule has 170 valence electrons. The summed E-state index contributed by atoms with van der Waals surface area (Å²) in [6.45, 7) is 7.58. The second kappa shape index (κ2) is 8.55. The maximum absolute atomic E-state index is 12.7. The number of amides is 1. The zero-order valence-electron chi connectivity index (χ0n) is 18.6. The molecule has 0 saturated carbocycles. The largest absolute Gasteiger partial charge is 0.382 e. The van der Waals surface area contributed by atoms with Crippen molar-refractivity contribution in [3.63, 3.8) is 0 Å². The highest BCUT2D eigenvalue weighted by Crippen LogP contribution is 2.34. The van der Waals surface area contributed by atoms with E-state index in [4.69, 9.17) is 23.1 Å². The van der Waals surface area contributed by atoms with E-state index in [0.717, 1.165) is 23.2 Å². The van der Waals surface area contributed by atoms with Crippen LogP contribution in [0.3, 0.4) is 0 Å². The molecule has 5 N–H and O–H groups in total. The molecule has 0 aliphatic carbocycles. The number of halogens is 1. The van der Waals surface area contributed by atoms with E-state index in [2.05, 4.69) is 32.1 Å². The highest BCUT2D eigenvalue weighted by atomic mass is 35.5. The zero-order chi connectivity index (χ0) is 23.0. The minimum atomic E-state index is -0.945. The molecule has 3 heterocycles. The first-order valence-electron chi connectivity index (χ1n) is 10.8. The quantitative estimate of drug-likeness (QED) is 0.518. The number of rotatable bonds is 6. The van der Waals surface area contributed by atoms with Crippen LogP contribution in [0.25, 0.3) is 11.2 Å². The lowest BCUT2D eigenvalue weighted by molar-refractivity contribution is -0.126. The van der Waals surface area contributed by atoms with Crippen molar-refractivity contribution in [2.75, 3.05) is 23.7 Å². The summed E-state index contributed by atoms with van der Waals surface area (Å²) in [6, 6.07) is 3.97. The Labute approximate surface area is 192 Å². The molecule has 0 radical (unpaired) electrons. The van der Waals surface area contributed by atoms with Crippen molar-refractivity contribution in [3.8, 4) is 0 Å². The summed E-state index contributed by atoms with van der Waals surface area (Å²) in [5, 5.41) is 3.61. The molecule has 32 heavy (non-hydrogen) atoms. The fraction of sp³-hybridized carbons (Fsp3) is 0.455. The Balaban J connectivity index is 1.71. The average molecular weight is 457 g/mol. The molecule has 0 spiro atoms. The molecule has 4 rings (SSSR count). The number of hydrogen-bond acceptors (Lipinski definition) is 7. The monoisotopic (exact) mass is 456 g/mol. The van der Waals surface area contributed by atoms with Gasteiger partial charge < -0.3 is 26.3 Å². The highest BCUT2D eigenvalue weighted by molar-refractivity contribution is 6.31. The summed E-state index contributed by atoms with van der Waals surface area (Å²) >= 11 is 6.49. The number of carbonyl (C=O) groups excluding carboxylic acids is 1. The smallest absolute Gasteiger partial charge is 0.242 e. The second-order valence-electron chi connectivity index (χ2n) is 8.68. The van der Waals surface area contributed by atoms with Gasteiger partial charge in [-0.1, -0.05) is 18.5 Å². The van der Waals surface area contributed by atoms with Crippen LogP contribution >= 0.6 is 11.6 Å². The minimum absolute atomic E-state index is 0.0364. The second-order valence-corrected chi connectivity index (χ2v) is 9.11. The molecular formula is C22H29ClN8O. The lowest BCUT2D eigenvalue weighted by Gasteiger charge is -2.28. The number of carbonyl (C=O) groups is 1. The number of benzene rings is 1. The van der Waals surface area contributed by atoms with Crippen LogP contribution in [0, 0.1) is 0 Å². The maximum atomic E-state index is 12.7. The molecular weight excluding hydrogens is 428 g/mol. The van der Waals surface area contributed by atoms with E-state index in [1.807, 2.05) is 30.5 Å². The fourth-order valence-electron chi connectivity index (χ4n) is 4.27. The predicted molar refractivity (Wildman–Crippen MR) is 127 cm³/mol. The average Bonchev–Trinajstić information content (AvgIpc) is 3.34. The Morgan fingerprint density at radius 3 is 2.81 bits per heavy atom. The van der Waals surface area contributed by atoms with Crippen LogP contribution in [0.5, 0.6) is 0 Å². The third-order valence-corrected chi connectivity index (χ3v) is 6.15. The van der Waals surface area contributed by atoms with Crippen molar-refractivity contribution < 1.29 is 4.79 Å². The number of aromatic nitrogens is 4. The van der Waals surface area contributed by atoms with Crippen molar-refractivity contribution in [1.29, 1.82) is 0 Å². The Hall–Kier alpha value is -2.91. The predicted octanol–water partition coefficient (Wildman–Crippen LogP) is 2.10. The number of nitrogens with two attached hydrogens (primary N) is 2. The van der Waals surface area contributed by atoms with Gasteiger partial charge in [-0.15, -0.1) is 0 Å². The Bertz CT molecular complexity index is 1160. The number of nitrogens with zero attached hydrogens (tertiary/aromatic N) is 5. The lowest BCUT2D eigenvalue weighted by Crippen LogP contribution is -2.57. The Morgan fingerprint density at radius 2 is 2.09 bits per heavy atom. The van der Waals surface area contributed by atoms with Gasteiger partial charge in [-0.3, -0.25) is 4.79 Å². The van der Waals surface area contributed by atoms with E-state index in [0.29, 0.717) is 48.1 Å². The molecule has 1 aliphatic rings. The normalized spacial score (nSPS) is 18.6. The van der Waals surface area contributed by atoms with Gasteiger partial charge in [0.05, 0.1) is 12.9 Å². The van der Waals surface area contributed by atoms with Crippen molar-refractivity contribution in [1.82, 2.24) is 24.8 Å². The number of hydrogen-bond donors (Lipinski definition) is 3. The van der Waals surface area contributed by atoms with Crippen LogP contribution in [0.4, 0.5) is 11.5 Å². The first kappa shape index (κ1) is 22.3. The summed E-state index contributed by atoms with van der Waals surface area (Å²) in [4.78, 5) is 27.7. The standard InChI is InChI=1S/C22H29ClN8O/c1-4-14-7-15(23)8-17(30-6-5-22(25,10-30)21(32)29-13(2)3)16(14)9-31-12-28-18-19(24)26-11-27-20(18)31/h7-8,11-13H,4-6,9-10,25H2,1-3H3,(H,29,32)(H2,24,26,27). The van der Waals surface area contributed by atoms with Crippen LogP contribution in [0.2, 0.25) is 5.02 Å². The molecule has 1 atom stereocenters. The molecule has 1 saturated heterocycles. The van der Waals surface area contributed by atoms with Crippen LogP contribution < -0.4 is 21.7 Å². The molecule has 2 aromatic heterocycles. The van der Waals surface area contributed by atoms with Crippen LogP contribution in [0.15, 0.2) is 24.8 Å². The Kier molecular flexibility index (Phi) is 5.96. The molecule has 1 fully saturated rings. The summed E-state index contributed by atoms with van der Waals surface area (Å²) in [5.74, 6) is 0.228. The Morgan fingerprint density at radius 1 is 1.31 bits per heavy atom. The molecule has 10 heteroatoms. The highest BCUT2D eigenvalue weighted by Gasteiger charge is 2.42. The third kappa shape index (κ3) is 4.10. The van der Waals surface area contributed by atoms with E-state index in [-0.39, 0.29) is 11.9 Å². The number of nitrogen functional groups attached to an aromatic ring is 1. The summed E-state index contributed by atoms with van der Waals surface area (Å²) in [5.41, 5.74) is 16.0. The van der Waals surface area contributed by atoms with Gasteiger partial charge in [0, 0.05) is 29.8 Å². The van der Waals surface area contributed by atoms with Gasteiger partial charge >= 0.3 is 0 Å². The topological polar surface area (TPSA) is 128 Å². The van der Waals surface area contributed by atoms with Crippen LogP contribution in [0.1, 0.15) is 38.3 Å². The molecule has 0 bridgehead atoms. The van der Waals surface area contributed by atoms with Gasteiger partial charge in [-0.05, 0) is 49.9 Å². The number of imidazole rings is 1. The number of nitrogens with one attached hydrogen (secondary N) is 1. The van der Waals surface area contributed by atoms with Gasteiger partial charge in [0.15, 0.2) is 11.5 Å². The minimum Gasteiger partial charge on any atom is -0.382 e. The van der Waals surface area contributed by atoms with Gasteiger partial charge in [0.25, 0.3) is 0 Å². The molecule has 1 aromatic carbocycles. The summed E-state index contributed by atoms with van der Waals surface area (Å²) in [7, 11) is 0. The molecule has 1 amide bonds. The van der Waals surface area contributed by atoms with Crippen LogP contribution in [-0.4, -0.2) is 50.1 Å². The first-order valence-corrected chi connectivity index (χ1v) is 11.2. The van der Waals surface area contributed by atoms with E-state index in [9.17, 15) is 4.79 Å². The van der Waals surface area contributed by atoms with Crippen molar-refractivity contribution in [2.45, 2.75) is 51.7 Å². The lowest BCUT2D eigenvalue weighted by atomic mass is 9.98. The summed E-state index contributed by atoms with van der Waals surface area (Å²) in [6.07, 6.45) is 4.54. The number of aryl methyl sites for hydroxylation is 1. The van der Waals surface area contributed by atoms with E-state index < -0.39 is 5.54 Å². The number of fused-ring (bicyclic) bond motifs is 1. The maximum Gasteiger partial charge on any atom is 0.242 e. The molecule has 9 nitrogen and oxygen atoms in total. The van der Waals surface area contributed by atoms with Gasteiger partial charge in [0.2, 0.25) is 5.91 Å². The summed E-state index contributed by atoms with van der Waals surface area (Å²) < 4.78 is 1.95. The van der Waals surface area contributed by atoms with Gasteiger partial charge in [0.1, 0.15) is 17.4 Å². The number of anilines is 2. The van der Waals surface area contributed by atoms with E-state index >= 15 is 0 Å². The van der Waals surface area contributed by atoms with Gasteiger partial charge in [-0.2, -0.15) is 0 Å². The molecule has 1 unspecified atom stereocenters. The van der Waals surface area contributed by atoms with E-state index in [1.54, 1.807) is 6.33 Å². The fourth-order valence-corrected chi connectivity index (χ4v) is 4.51. The van der Waals surface area contributed by atoms with Gasteiger partial charge in [-0.25, -0.2) is 15.0 Å². The van der Waals surface area contributed by atoms with Crippen molar-refractivity contribution in [3.05, 3.63) is 40.9 Å². The van der Waals surface area contributed by atoms with Crippen LogP contribution in [-0.2, 0) is 17.8 Å². The SMILES string of the molecule is CCc1cc(Cl)cc(N2CCC(N)(C(=O)NC(C)C)C2)c1Cn1cnc2c(N)ncnc21. The van der Waals surface area contributed by atoms with Crippen molar-refractivity contribution >= 4 is 40.2 Å². The zero-order valence-corrected chi connectivity index (χ0v) is 19.4. The van der Waals surface area contributed by atoms with E-state index in [1.165, 1.54) is 6.33 Å². The van der Waals surface area contributed by atoms with Crippen molar-refractivity contribution in [2.24, 2.45) is 5.73 Å². The first-order chi connectivity index (χ1) is 15.2. The molecule has 3 aromatic rings. The third-order valence-electron chi connectivity index (χ3n) is 5.94. The molecule has 1 aliphatic heterocycles.